The van der Waals surface area contributed by atoms with E-state index in [4.69, 9.17) is 0 Å². The van der Waals surface area contributed by atoms with Gasteiger partial charge in [-0.2, -0.15) is 5.10 Å². The van der Waals surface area contributed by atoms with E-state index in [0.717, 1.165) is 35.4 Å². The largest absolute Gasteiger partial charge is 0.309 e. The van der Waals surface area contributed by atoms with Gasteiger partial charge >= 0.3 is 0 Å². The quantitative estimate of drug-likeness (QED) is 0.876. The molecule has 2 heterocycles. The molecule has 0 atom stereocenters. The van der Waals surface area contributed by atoms with Gasteiger partial charge in [0.1, 0.15) is 5.82 Å². The maximum atomic E-state index is 13.8. The van der Waals surface area contributed by atoms with Crippen LogP contribution in [0.5, 0.6) is 0 Å². The summed E-state index contributed by atoms with van der Waals surface area (Å²) in [6, 6.07) is 4.97. The Hall–Kier alpha value is -1.20. The number of benzene rings is 1. The molecule has 0 unspecified atom stereocenters. The van der Waals surface area contributed by atoms with Crippen molar-refractivity contribution in [3.63, 3.8) is 0 Å². The highest BCUT2D eigenvalue weighted by Gasteiger charge is 2.17. The lowest BCUT2D eigenvalue weighted by atomic mass is 10.1. The van der Waals surface area contributed by atoms with Crippen LogP contribution in [0.3, 0.4) is 0 Å². The summed E-state index contributed by atoms with van der Waals surface area (Å²) in [6.07, 6.45) is 1.74. The minimum atomic E-state index is -0.213. The Balaban J connectivity index is 2.15. The third-order valence-electron chi connectivity index (χ3n) is 2.96. The van der Waals surface area contributed by atoms with Gasteiger partial charge in [-0.3, -0.25) is 4.68 Å². The molecule has 88 valence electrons. The van der Waals surface area contributed by atoms with Crippen LogP contribution in [0.15, 0.2) is 28.9 Å². The van der Waals surface area contributed by atoms with E-state index in [1.54, 1.807) is 18.3 Å². The molecule has 17 heavy (non-hydrogen) atoms. The molecule has 2 aromatic rings. The molecule has 3 rings (SSSR count). The summed E-state index contributed by atoms with van der Waals surface area (Å²) in [6.45, 7) is 2.49. The lowest BCUT2D eigenvalue weighted by Gasteiger charge is -2.16. The number of rotatable bonds is 1. The van der Waals surface area contributed by atoms with E-state index in [0.29, 0.717) is 5.56 Å². The van der Waals surface area contributed by atoms with Crippen molar-refractivity contribution in [1.82, 2.24) is 15.1 Å². The van der Waals surface area contributed by atoms with E-state index < -0.39 is 0 Å². The van der Waals surface area contributed by atoms with Crippen LogP contribution in [0, 0.1) is 5.82 Å². The maximum Gasteiger partial charge on any atom is 0.131 e. The fourth-order valence-electron chi connectivity index (χ4n) is 2.11. The van der Waals surface area contributed by atoms with Crippen LogP contribution >= 0.6 is 15.9 Å². The van der Waals surface area contributed by atoms with Crippen LogP contribution < -0.4 is 5.32 Å². The topological polar surface area (TPSA) is 29.9 Å². The third-order valence-corrected chi connectivity index (χ3v) is 3.45. The monoisotopic (exact) mass is 295 g/mol. The molecule has 1 aromatic heterocycles. The predicted octanol–water partition coefficient (Wildman–Crippen LogP) is 2.55. The van der Waals surface area contributed by atoms with E-state index in [-0.39, 0.29) is 5.82 Å². The summed E-state index contributed by atoms with van der Waals surface area (Å²) in [5.41, 5.74) is 2.52. The van der Waals surface area contributed by atoms with Crippen LogP contribution in [0.4, 0.5) is 4.39 Å². The Labute approximate surface area is 107 Å². The number of nitrogens with one attached hydrogen (secondary N) is 1. The van der Waals surface area contributed by atoms with Gasteiger partial charge in [-0.1, -0.05) is 15.9 Å². The molecule has 0 saturated carbocycles. The molecule has 0 bridgehead atoms. The molecule has 3 nitrogen and oxygen atoms in total. The Kier molecular flexibility index (Phi) is 2.72. The van der Waals surface area contributed by atoms with E-state index in [9.17, 15) is 4.39 Å². The average Bonchev–Trinajstić information content (AvgIpc) is 2.76. The van der Waals surface area contributed by atoms with Gasteiger partial charge < -0.3 is 5.32 Å². The van der Waals surface area contributed by atoms with Crippen molar-refractivity contribution in [2.75, 3.05) is 6.54 Å². The SMILES string of the molecule is Fc1ccc(Br)cc1-c1cnn2c1CNCC2. The number of aromatic nitrogens is 2. The second kappa shape index (κ2) is 4.23. The highest BCUT2D eigenvalue weighted by Crippen LogP contribution is 2.29. The lowest BCUT2D eigenvalue weighted by molar-refractivity contribution is 0.476. The van der Waals surface area contributed by atoms with E-state index >= 15 is 0 Å². The van der Waals surface area contributed by atoms with Gasteiger partial charge in [-0.05, 0) is 18.2 Å². The number of hydrogen-bond donors (Lipinski definition) is 1. The smallest absolute Gasteiger partial charge is 0.131 e. The van der Waals surface area contributed by atoms with Crippen LogP contribution in [-0.2, 0) is 13.1 Å². The standard InChI is InChI=1S/C12H11BrFN3/c13-8-1-2-11(14)9(5-8)10-6-16-17-4-3-15-7-12(10)17/h1-2,5-6,15H,3-4,7H2. The van der Waals surface area contributed by atoms with Crippen molar-refractivity contribution in [2.45, 2.75) is 13.1 Å². The maximum absolute atomic E-state index is 13.8. The molecule has 1 aromatic carbocycles. The molecule has 0 amide bonds. The third kappa shape index (κ3) is 1.89. The number of nitrogens with zero attached hydrogens (tertiary/aromatic N) is 2. The molecular formula is C12H11BrFN3. The van der Waals surface area contributed by atoms with Gasteiger partial charge in [-0.25, -0.2) is 4.39 Å². The van der Waals surface area contributed by atoms with Crippen LogP contribution in [-0.4, -0.2) is 16.3 Å². The normalized spacial score (nSPS) is 14.7. The summed E-state index contributed by atoms with van der Waals surface area (Å²) in [5, 5.41) is 7.57. The van der Waals surface area contributed by atoms with Gasteiger partial charge in [0, 0.05) is 28.7 Å². The highest BCUT2D eigenvalue weighted by molar-refractivity contribution is 9.10. The zero-order chi connectivity index (χ0) is 11.8. The van der Waals surface area contributed by atoms with Gasteiger partial charge in [0.05, 0.1) is 18.4 Å². The number of halogens is 2. The molecule has 1 aliphatic rings. The van der Waals surface area contributed by atoms with E-state index in [1.165, 1.54) is 6.07 Å². The van der Waals surface area contributed by atoms with Gasteiger partial charge in [0.15, 0.2) is 0 Å². The van der Waals surface area contributed by atoms with E-state index in [1.807, 2.05) is 4.68 Å². The molecule has 5 heteroatoms. The first-order valence-electron chi connectivity index (χ1n) is 5.46. The van der Waals surface area contributed by atoms with Crippen molar-refractivity contribution in [3.8, 4) is 11.1 Å². The second-order valence-electron chi connectivity index (χ2n) is 4.03. The van der Waals surface area contributed by atoms with E-state index in [2.05, 4.69) is 26.3 Å². The van der Waals surface area contributed by atoms with Gasteiger partial charge in [0.25, 0.3) is 0 Å². The summed E-state index contributed by atoms with van der Waals surface area (Å²) in [4.78, 5) is 0. The van der Waals surface area contributed by atoms with Crippen LogP contribution in [0.2, 0.25) is 0 Å². The molecule has 0 aliphatic carbocycles. The van der Waals surface area contributed by atoms with Crippen LogP contribution in [0.25, 0.3) is 11.1 Å². The predicted molar refractivity (Wildman–Crippen MR) is 67.0 cm³/mol. The highest BCUT2D eigenvalue weighted by atomic mass is 79.9. The van der Waals surface area contributed by atoms with Gasteiger partial charge in [0.2, 0.25) is 0 Å². The summed E-state index contributed by atoms with van der Waals surface area (Å²) in [5.74, 6) is -0.213. The first-order chi connectivity index (χ1) is 8.25. The summed E-state index contributed by atoms with van der Waals surface area (Å²) in [7, 11) is 0. The molecular weight excluding hydrogens is 285 g/mol. The van der Waals surface area contributed by atoms with Crippen molar-refractivity contribution in [3.05, 3.63) is 40.4 Å². The Morgan fingerprint density at radius 2 is 2.24 bits per heavy atom. The molecule has 0 radical (unpaired) electrons. The minimum Gasteiger partial charge on any atom is -0.309 e. The van der Waals surface area contributed by atoms with Crippen molar-refractivity contribution < 1.29 is 4.39 Å². The first-order valence-corrected chi connectivity index (χ1v) is 6.26. The summed E-state index contributed by atoms with van der Waals surface area (Å²) >= 11 is 3.37. The molecule has 1 N–H and O–H groups in total. The number of fused-ring (bicyclic) bond motifs is 1. The lowest BCUT2D eigenvalue weighted by Crippen LogP contribution is -2.28. The zero-order valence-corrected chi connectivity index (χ0v) is 10.7. The molecule has 0 spiro atoms. The second-order valence-corrected chi connectivity index (χ2v) is 4.94. The fourth-order valence-corrected chi connectivity index (χ4v) is 2.47. The zero-order valence-electron chi connectivity index (χ0n) is 9.08. The average molecular weight is 296 g/mol. The van der Waals surface area contributed by atoms with Crippen molar-refractivity contribution in [1.29, 1.82) is 0 Å². The molecule has 1 aliphatic heterocycles. The fraction of sp³-hybridized carbons (Fsp3) is 0.250. The summed E-state index contributed by atoms with van der Waals surface area (Å²) < 4.78 is 16.6. The minimum absolute atomic E-state index is 0.213. The molecule has 0 saturated heterocycles. The van der Waals surface area contributed by atoms with Crippen molar-refractivity contribution in [2.24, 2.45) is 0 Å². The number of hydrogen-bond acceptors (Lipinski definition) is 2. The Bertz CT molecular complexity index is 565. The molecule has 0 fully saturated rings. The first kappa shape index (κ1) is 10.9. The van der Waals surface area contributed by atoms with Crippen molar-refractivity contribution >= 4 is 15.9 Å². The van der Waals surface area contributed by atoms with Crippen LogP contribution in [0.1, 0.15) is 5.69 Å². The Morgan fingerprint density at radius 3 is 3.12 bits per heavy atom. The Morgan fingerprint density at radius 1 is 1.35 bits per heavy atom. The van der Waals surface area contributed by atoms with Gasteiger partial charge in [-0.15, -0.1) is 0 Å².